The van der Waals surface area contributed by atoms with Gasteiger partial charge in [0.2, 0.25) is 11.0 Å². The number of carbonyl (C=O) groups is 2. The van der Waals surface area contributed by atoms with Crippen molar-refractivity contribution in [3.05, 3.63) is 85.8 Å². The lowest BCUT2D eigenvalue weighted by Crippen LogP contribution is -2.38. The molecule has 12 heteroatoms. The van der Waals surface area contributed by atoms with Crippen LogP contribution in [-0.4, -0.2) is 27.6 Å². The highest BCUT2D eigenvalue weighted by Gasteiger charge is 2.41. The number of aryl methyl sites for hydroxylation is 1. The van der Waals surface area contributed by atoms with E-state index in [0.717, 1.165) is 10.0 Å². The van der Waals surface area contributed by atoms with Crippen LogP contribution in [0.15, 0.2) is 73.9 Å². The highest BCUT2D eigenvalue weighted by atomic mass is 79.9. The van der Waals surface area contributed by atoms with Crippen LogP contribution in [0.25, 0.3) is 0 Å². The van der Waals surface area contributed by atoms with Gasteiger partial charge in [0.05, 0.1) is 29.0 Å². The van der Waals surface area contributed by atoms with Gasteiger partial charge in [-0.15, -0.1) is 10.2 Å². The highest BCUT2D eigenvalue weighted by Crippen LogP contribution is 2.48. The predicted molar refractivity (Wildman–Crippen MR) is 158 cm³/mol. The number of aromatic nitrogens is 2. The van der Waals surface area contributed by atoms with Gasteiger partial charge in [-0.2, -0.15) is 5.26 Å². The van der Waals surface area contributed by atoms with Gasteiger partial charge in [0.1, 0.15) is 5.82 Å². The minimum absolute atomic E-state index is 0.0375. The topological polar surface area (TPSA) is 125 Å². The molecule has 0 bridgehead atoms. The Balaban J connectivity index is 1.42. The fourth-order valence-electron chi connectivity index (χ4n) is 4.71. The molecule has 1 aliphatic carbocycles. The number of nitrogens with two attached hydrogens (primary N) is 1. The lowest BCUT2D eigenvalue weighted by atomic mass is 9.76. The molecule has 0 radical (unpaired) electrons. The van der Waals surface area contributed by atoms with Crippen LogP contribution in [0, 0.1) is 18.3 Å². The van der Waals surface area contributed by atoms with E-state index in [4.69, 9.17) is 17.3 Å². The van der Waals surface area contributed by atoms with E-state index in [-0.39, 0.29) is 28.8 Å². The van der Waals surface area contributed by atoms with Crippen molar-refractivity contribution in [1.82, 2.24) is 10.2 Å². The molecular weight excluding hydrogens is 620 g/mol. The second kappa shape index (κ2) is 11.5. The predicted octanol–water partition coefficient (Wildman–Crippen LogP) is 6.30. The molecule has 0 spiro atoms. The molecular formula is C27H22BrClN6O2S2. The van der Waals surface area contributed by atoms with Crippen molar-refractivity contribution >= 4 is 73.1 Å². The van der Waals surface area contributed by atoms with Gasteiger partial charge in [-0.3, -0.25) is 14.5 Å². The summed E-state index contributed by atoms with van der Waals surface area (Å²) in [6, 6.07) is 15.1. The number of nitrogens with one attached hydrogen (secondary N) is 1. The highest BCUT2D eigenvalue weighted by molar-refractivity contribution is 9.10. The van der Waals surface area contributed by atoms with Crippen LogP contribution >= 0.6 is 50.6 Å². The zero-order valence-electron chi connectivity index (χ0n) is 20.7. The van der Waals surface area contributed by atoms with Crippen LogP contribution in [0.1, 0.15) is 36.3 Å². The summed E-state index contributed by atoms with van der Waals surface area (Å²) in [5.41, 5.74) is 10.5. The van der Waals surface area contributed by atoms with E-state index in [9.17, 15) is 14.9 Å². The van der Waals surface area contributed by atoms with E-state index in [1.54, 1.807) is 17.0 Å². The van der Waals surface area contributed by atoms with Crippen LogP contribution in [0.4, 0.5) is 10.8 Å². The molecule has 1 aromatic heterocycles. The molecule has 1 atom stereocenters. The van der Waals surface area contributed by atoms with E-state index >= 15 is 0 Å². The van der Waals surface area contributed by atoms with Crippen molar-refractivity contribution in [2.24, 2.45) is 5.73 Å². The average molecular weight is 642 g/mol. The third-order valence-corrected chi connectivity index (χ3v) is 9.48. The van der Waals surface area contributed by atoms with Crippen LogP contribution in [0.5, 0.6) is 0 Å². The lowest BCUT2D eigenvalue weighted by molar-refractivity contribution is -0.116. The third-order valence-electron chi connectivity index (χ3n) is 6.44. The summed E-state index contributed by atoms with van der Waals surface area (Å²) in [5.74, 6) is -0.537. The first-order chi connectivity index (χ1) is 18.8. The van der Waals surface area contributed by atoms with Crippen molar-refractivity contribution < 1.29 is 9.59 Å². The van der Waals surface area contributed by atoms with Crippen LogP contribution in [0.2, 0.25) is 5.02 Å². The summed E-state index contributed by atoms with van der Waals surface area (Å²) in [4.78, 5) is 27.5. The molecule has 1 amide bonds. The Morgan fingerprint density at radius 3 is 2.85 bits per heavy atom. The molecule has 3 N–H and O–H groups in total. The van der Waals surface area contributed by atoms with E-state index in [1.807, 2.05) is 37.3 Å². The maximum atomic E-state index is 13.3. The minimum Gasteiger partial charge on any atom is -0.384 e. The number of Topliss-reactive ketones (excluding diaryl/α,β-unsaturated/α-hetero) is 1. The number of nitrogens with zero attached hydrogens (tertiary/aromatic N) is 4. The molecule has 39 heavy (non-hydrogen) atoms. The molecule has 2 heterocycles. The number of hydrogen-bond acceptors (Lipinski definition) is 9. The first-order valence-electron chi connectivity index (χ1n) is 12.0. The van der Waals surface area contributed by atoms with Crippen molar-refractivity contribution in [3.8, 4) is 6.07 Å². The molecule has 3 aromatic rings. The summed E-state index contributed by atoms with van der Waals surface area (Å²) in [7, 11) is 0. The molecule has 0 fully saturated rings. The first-order valence-corrected chi connectivity index (χ1v) is 15.0. The van der Waals surface area contributed by atoms with Gasteiger partial charge >= 0.3 is 0 Å². The first kappa shape index (κ1) is 27.4. The monoisotopic (exact) mass is 640 g/mol. The number of ketones is 1. The number of carbonyl (C=O) groups excluding carboxylic acids is 2. The number of amides is 1. The van der Waals surface area contributed by atoms with E-state index in [2.05, 4.69) is 37.5 Å². The number of halogens is 2. The largest absolute Gasteiger partial charge is 0.384 e. The summed E-state index contributed by atoms with van der Waals surface area (Å²) in [6.45, 7) is 1.97. The lowest BCUT2D eigenvalue weighted by Gasteiger charge is -2.38. The Labute approximate surface area is 247 Å². The van der Waals surface area contributed by atoms with Crippen molar-refractivity contribution in [1.29, 1.82) is 5.26 Å². The molecule has 0 saturated carbocycles. The molecule has 8 nitrogen and oxygen atoms in total. The van der Waals surface area contributed by atoms with Gasteiger partial charge in [-0.05, 0) is 65.0 Å². The number of hydrogen-bond donors (Lipinski definition) is 2. The second-order valence-electron chi connectivity index (χ2n) is 9.01. The maximum Gasteiger partial charge on any atom is 0.234 e. The van der Waals surface area contributed by atoms with Crippen LogP contribution in [-0.2, 0) is 9.59 Å². The average Bonchev–Trinajstić information content (AvgIpc) is 3.37. The third kappa shape index (κ3) is 5.47. The number of thioether (sulfide) groups is 1. The van der Waals surface area contributed by atoms with Gasteiger partial charge < -0.3 is 11.1 Å². The van der Waals surface area contributed by atoms with Gasteiger partial charge in [-0.1, -0.05) is 59.0 Å². The van der Waals surface area contributed by atoms with Gasteiger partial charge in [0.15, 0.2) is 10.1 Å². The fourth-order valence-corrected chi connectivity index (χ4v) is 7.23. The van der Waals surface area contributed by atoms with Gasteiger partial charge in [0.25, 0.3) is 0 Å². The summed E-state index contributed by atoms with van der Waals surface area (Å²) < 4.78 is 1.37. The maximum absolute atomic E-state index is 13.3. The van der Waals surface area contributed by atoms with Crippen molar-refractivity contribution in [3.63, 3.8) is 0 Å². The zero-order chi connectivity index (χ0) is 27.7. The van der Waals surface area contributed by atoms with Crippen LogP contribution in [0.3, 0.4) is 0 Å². The summed E-state index contributed by atoms with van der Waals surface area (Å²) in [6.07, 6.45) is 1.64. The molecule has 1 unspecified atom stereocenters. The second-order valence-corrected chi connectivity index (χ2v) is 12.4. The number of benzene rings is 2. The SMILES string of the molecule is Cc1ccc(NC(=O)CSc2nnc(N3C(N)=C(C#N)C(c4ccccc4Cl)C4=C3CCCC4=O)s2)c(Br)c1. The van der Waals surface area contributed by atoms with E-state index in [0.29, 0.717) is 56.3 Å². The standard InChI is InChI=1S/C27H22BrClN6O2S2/c1-14-9-10-19(17(28)11-14)32-22(37)13-38-27-34-33-26(39-27)35-20-7-4-8-21(36)24(20)23(16(12-30)25(35)31)15-5-2-3-6-18(15)29/h2-3,5-6,9-11,23H,4,7-8,13,31H2,1H3,(H,32,37). The number of anilines is 2. The minimum atomic E-state index is -0.644. The summed E-state index contributed by atoms with van der Waals surface area (Å²) >= 11 is 12.5. The van der Waals surface area contributed by atoms with Gasteiger partial charge in [0, 0.05) is 27.2 Å². The smallest absolute Gasteiger partial charge is 0.234 e. The van der Waals surface area contributed by atoms with Crippen molar-refractivity contribution in [2.75, 3.05) is 16.0 Å². The number of rotatable bonds is 6. The summed E-state index contributed by atoms with van der Waals surface area (Å²) in [5, 5.41) is 22.5. The normalized spacial score (nSPS) is 17.2. The quantitative estimate of drug-likeness (QED) is 0.301. The molecule has 2 aliphatic rings. The number of allylic oxidation sites excluding steroid dienone is 3. The Morgan fingerprint density at radius 1 is 1.31 bits per heavy atom. The van der Waals surface area contributed by atoms with Gasteiger partial charge in [-0.25, -0.2) is 0 Å². The van der Waals surface area contributed by atoms with E-state index in [1.165, 1.54) is 23.1 Å². The number of nitriles is 1. The fraction of sp³-hybridized carbons (Fsp3) is 0.222. The molecule has 2 aromatic carbocycles. The Morgan fingerprint density at radius 2 is 2.10 bits per heavy atom. The van der Waals surface area contributed by atoms with E-state index < -0.39 is 5.92 Å². The Hall–Kier alpha value is -3.17. The zero-order valence-corrected chi connectivity index (χ0v) is 24.7. The molecule has 5 rings (SSSR count). The Kier molecular flexibility index (Phi) is 8.09. The van der Waals surface area contributed by atoms with Crippen molar-refractivity contribution in [2.45, 2.75) is 36.4 Å². The Bertz CT molecular complexity index is 1590. The molecule has 198 valence electrons. The molecule has 0 saturated heterocycles. The molecule has 1 aliphatic heterocycles. The van der Waals surface area contributed by atoms with Crippen LogP contribution < -0.4 is 16.0 Å².